The van der Waals surface area contributed by atoms with E-state index in [-0.39, 0.29) is 23.5 Å². The Labute approximate surface area is 218 Å². The molecule has 2 N–H and O–H groups in total. The van der Waals surface area contributed by atoms with Crippen LogP contribution in [0.2, 0.25) is 0 Å². The van der Waals surface area contributed by atoms with Crippen molar-refractivity contribution in [2.45, 2.75) is 32.2 Å². The molecule has 0 saturated carbocycles. The fourth-order valence-corrected chi connectivity index (χ4v) is 5.47. The molecule has 5 rings (SSSR count). The van der Waals surface area contributed by atoms with Crippen molar-refractivity contribution < 1.29 is 10.2 Å². The van der Waals surface area contributed by atoms with Gasteiger partial charge in [0.25, 0.3) is 0 Å². The zero-order valence-electron chi connectivity index (χ0n) is 21.1. The number of benzene rings is 3. The van der Waals surface area contributed by atoms with Crippen molar-refractivity contribution in [2.24, 2.45) is 0 Å². The third kappa shape index (κ3) is 3.99. The van der Waals surface area contributed by atoms with Crippen molar-refractivity contribution in [2.75, 3.05) is 4.90 Å². The molecule has 0 saturated heterocycles. The highest BCUT2D eigenvalue weighted by Gasteiger charge is 2.39. The van der Waals surface area contributed by atoms with Gasteiger partial charge in [0.15, 0.2) is 0 Å². The summed E-state index contributed by atoms with van der Waals surface area (Å²) in [4.78, 5) is 2.26. The minimum absolute atomic E-state index is 0.109. The molecular formula is C33H30N2O2. The summed E-state index contributed by atoms with van der Waals surface area (Å²) >= 11 is 0. The van der Waals surface area contributed by atoms with E-state index in [1.807, 2.05) is 50.3 Å². The van der Waals surface area contributed by atoms with Crippen LogP contribution in [0.5, 0.6) is 5.75 Å². The maximum Gasteiger partial charge on any atom is 0.126 e. The number of aliphatic hydroxyl groups excluding tert-OH is 1. The summed E-state index contributed by atoms with van der Waals surface area (Å²) in [5, 5.41) is 22.1. The number of hydrogen-bond acceptors (Lipinski definition) is 3. The first-order valence-corrected chi connectivity index (χ1v) is 12.4. The first-order valence-electron chi connectivity index (χ1n) is 12.4. The zero-order chi connectivity index (χ0) is 26.1. The van der Waals surface area contributed by atoms with E-state index in [0.29, 0.717) is 6.42 Å². The Kier molecular flexibility index (Phi) is 6.38. The largest absolute Gasteiger partial charge is 0.512 e. The number of phenolic OH excluding ortho intramolecular Hbond substituents is 1. The summed E-state index contributed by atoms with van der Waals surface area (Å²) in [6.07, 6.45) is 6.48. The maximum absolute atomic E-state index is 10.8. The van der Waals surface area contributed by atoms with E-state index in [4.69, 9.17) is 0 Å². The smallest absolute Gasteiger partial charge is 0.126 e. The van der Waals surface area contributed by atoms with E-state index in [2.05, 4.69) is 70.9 Å². The molecule has 0 aliphatic carbocycles. The molecule has 1 aromatic heterocycles. The predicted octanol–water partition coefficient (Wildman–Crippen LogP) is 7.82. The summed E-state index contributed by atoms with van der Waals surface area (Å²) in [7, 11) is 0. The molecular weight excluding hydrogens is 456 g/mol. The molecule has 0 amide bonds. The van der Waals surface area contributed by atoms with Gasteiger partial charge in [0.2, 0.25) is 0 Å². The van der Waals surface area contributed by atoms with E-state index in [0.717, 1.165) is 44.8 Å². The van der Waals surface area contributed by atoms with Crippen molar-refractivity contribution in [3.8, 4) is 23.3 Å². The first-order chi connectivity index (χ1) is 18.0. The number of hydrogen-bond donors (Lipinski definition) is 2. The van der Waals surface area contributed by atoms with Crippen molar-refractivity contribution in [1.29, 1.82) is 0 Å². The van der Waals surface area contributed by atoms with E-state index in [1.165, 1.54) is 0 Å². The SMILES string of the molecule is C=CCC#Cc1c(C)n(-c2cccc(N3c4ccccc4C(C(=C)O)C3/C=C\C)c2)c2cccc(O)c12. The van der Waals surface area contributed by atoms with Crippen LogP contribution in [-0.4, -0.2) is 20.8 Å². The molecule has 3 aromatic carbocycles. The number of aliphatic hydroxyl groups is 1. The third-order valence-corrected chi connectivity index (χ3v) is 6.95. The average molecular weight is 487 g/mol. The van der Waals surface area contributed by atoms with Gasteiger partial charge in [0.05, 0.1) is 34.2 Å². The van der Waals surface area contributed by atoms with Crippen LogP contribution in [0.25, 0.3) is 16.6 Å². The third-order valence-electron chi connectivity index (χ3n) is 6.95. The molecule has 1 aliphatic rings. The maximum atomic E-state index is 10.8. The minimum Gasteiger partial charge on any atom is -0.512 e. The molecule has 0 radical (unpaired) electrons. The second-order valence-corrected chi connectivity index (χ2v) is 9.20. The van der Waals surface area contributed by atoms with Crippen LogP contribution in [0.3, 0.4) is 0 Å². The van der Waals surface area contributed by atoms with Crippen LogP contribution < -0.4 is 4.90 Å². The summed E-state index contributed by atoms with van der Waals surface area (Å²) in [6, 6.07) is 22.0. The average Bonchev–Trinajstić information content (AvgIpc) is 3.37. The number of fused-ring (bicyclic) bond motifs is 2. The topological polar surface area (TPSA) is 48.6 Å². The lowest BCUT2D eigenvalue weighted by molar-refractivity contribution is 0.365. The molecule has 1 aliphatic heterocycles. The molecule has 2 atom stereocenters. The normalized spacial score (nSPS) is 16.5. The van der Waals surface area contributed by atoms with Crippen LogP contribution in [0, 0.1) is 18.8 Å². The van der Waals surface area contributed by atoms with E-state index < -0.39 is 0 Å². The van der Waals surface area contributed by atoms with Gasteiger partial charge in [-0.3, -0.25) is 0 Å². The van der Waals surface area contributed by atoms with Crippen LogP contribution in [-0.2, 0) is 0 Å². The lowest BCUT2D eigenvalue weighted by Gasteiger charge is -2.28. The first kappa shape index (κ1) is 24.1. The van der Waals surface area contributed by atoms with Gasteiger partial charge in [0.1, 0.15) is 5.75 Å². The fraction of sp³-hybridized carbons (Fsp3) is 0.152. The lowest BCUT2D eigenvalue weighted by atomic mass is 9.93. The number of aromatic hydroxyl groups is 1. The quantitative estimate of drug-likeness (QED) is 0.172. The minimum atomic E-state index is -0.228. The number of rotatable bonds is 5. The van der Waals surface area contributed by atoms with Gasteiger partial charge in [0, 0.05) is 29.2 Å². The highest BCUT2D eigenvalue weighted by molar-refractivity contribution is 5.95. The summed E-state index contributed by atoms with van der Waals surface area (Å²) < 4.78 is 2.14. The number of aromatic nitrogens is 1. The van der Waals surface area contributed by atoms with Crippen LogP contribution >= 0.6 is 0 Å². The highest BCUT2D eigenvalue weighted by atomic mass is 16.3. The van der Waals surface area contributed by atoms with E-state index in [1.54, 1.807) is 12.1 Å². The lowest BCUT2D eigenvalue weighted by Crippen LogP contribution is -2.29. The Hall–Kier alpha value is -4.62. The number of nitrogens with zero attached hydrogens (tertiary/aromatic N) is 2. The molecule has 2 heterocycles. The Morgan fingerprint density at radius 2 is 1.81 bits per heavy atom. The molecule has 0 fully saturated rings. The molecule has 0 bridgehead atoms. The number of anilines is 2. The predicted molar refractivity (Wildman–Crippen MR) is 153 cm³/mol. The van der Waals surface area contributed by atoms with Gasteiger partial charge in [-0.25, -0.2) is 0 Å². The Balaban J connectivity index is 1.71. The van der Waals surface area contributed by atoms with Crippen molar-refractivity contribution in [3.05, 3.63) is 121 Å². The Morgan fingerprint density at radius 1 is 1.05 bits per heavy atom. The van der Waals surface area contributed by atoms with E-state index >= 15 is 0 Å². The van der Waals surface area contributed by atoms with Gasteiger partial charge in [-0.2, -0.15) is 0 Å². The van der Waals surface area contributed by atoms with Crippen LogP contribution in [0.15, 0.2) is 104 Å². The van der Waals surface area contributed by atoms with Gasteiger partial charge in [-0.05, 0) is 55.8 Å². The molecule has 184 valence electrons. The molecule has 4 aromatic rings. The zero-order valence-corrected chi connectivity index (χ0v) is 21.1. The fourth-order valence-electron chi connectivity index (χ4n) is 5.47. The van der Waals surface area contributed by atoms with Crippen molar-refractivity contribution >= 4 is 22.3 Å². The number of para-hydroxylation sites is 1. The Morgan fingerprint density at radius 3 is 2.57 bits per heavy atom. The van der Waals surface area contributed by atoms with E-state index in [9.17, 15) is 10.2 Å². The molecule has 37 heavy (non-hydrogen) atoms. The monoisotopic (exact) mass is 486 g/mol. The van der Waals surface area contributed by atoms with Gasteiger partial charge >= 0.3 is 0 Å². The molecule has 4 nitrogen and oxygen atoms in total. The van der Waals surface area contributed by atoms with Crippen LogP contribution in [0.4, 0.5) is 11.4 Å². The number of allylic oxidation sites excluding steroid dienone is 2. The second-order valence-electron chi connectivity index (χ2n) is 9.20. The standard InChI is InChI=1S/C33H30N2O2/c1-5-7-8-16-26-22(3)34(30-19-12-20-31(37)33(26)30)24-14-11-15-25(21-24)35-28-18-10-9-17-27(28)32(23(4)36)29(35)13-6-2/h5-6,9-15,17-21,29,32,36-37H,1,4,7H2,2-3H3/b13-6-. The van der Waals surface area contributed by atoms with Gasteiger partial charge < -0.3 is 19.7 Å². The molecule has 2 unspecified atom stereocenters. The molecule has 0 spiro atoms. The summed E-state index contributed by atoms with van der Waals surface area (Å²) in [5.41, 5.74) is 6.73. The van der Waals surface area contributed by atoms with Crippen LogP contribution in [0.1, 0.15) is 36.1 Å². The summed E-state index contributed by atoms with van der Waals surface area (Å²) in [5.74, 6) is 6.53. The number of phenols is 1. The van der Waals surface area contributed by atoms with Crippen molar-refractivity contribution in [3.63, 3.8) is 0 Å². The molecule has 4 heteroatoms. The van der Waals surface area contributed by atoms with Crippen molar-refractivity contribution in [1.82, 2.24) is 4.57 Å². The Bertz CT molecular complexity index is 1610. The van der Waals surface area contributed by atoms with Gasteiger partial charge in [-0.15, -0.1) is 6.58 Å². The second kappa shape index (κ2) is 9.79. The highest BCUT2D eigenvalue weighted by Crippen LogP contribution is 2.48. The summed E-state index contributed by atoms with van der Waals surface area (Å²) in [6.45, 7) is 11.7. The van der Waals surface area contributed by atoms with Gasteiger partial charge in [-0.1, -0.05) is 67.0 Å².